The van der Waals surface area contributed by atoms with Crippen molar-refractivity contribution in [2.75, 3.05) is 24.5 Å². The molecule has 1 aromatic heterocycles. The summed E-state index contributed by atoms with van der Waals surface area (Å²) >= 11 is 0. The first kappa shape index (κ1) is 14.2. The van der Waals surface area contributed by atoms with Gasteiger partial charge in [-0.1, -0.05) is 0 Å². The van der Waals surface area contributed by atoms with Crippen LogP contribution in [0.25, 0.3) is 11.1 Å². The van der Waals surface area contributed by atoms with Gasteiger partial charge >= 0.3 is 6.03 Å². The first-order chi connectivity index (χ1) is 11.2. The van der Waals surface area contributed by atoms with Crippen molar-refractivity contribution >= 4 is 28.7 Å². The maximum atomic E-state index is 11.9. The highest BCUT2D eigenvalue weighted by molar-refractivity contribution is 6.06. The lowest BCUT2D eigenvalue weighted by Gasteiger charge is -2.26. The number of imide groups is 1. The molecule has 120 valence electrons. The van der Waals surface area contributed by atoms with Crippen molar-refractivity contribution in [1.82, 2.24) is 15.6 Å². The summed E-state index contributed by atoms with van der Waals surface area (Å²) < 4.78 is 5.93. The predicted molar refractivity (Wildman–Crippen MR) is 84.4 cm³/mol. The average Bonchev–Trinajstić information content (AvgIpc) is 2.99. The molecule has 2 fully saturated rings. The second-order valence-electron chi connectivity index (χ2n) is 5.98. The number of anilines is 1. The summed E-state index contributed by atoms with van der Waals surface area (Å²) in [6.45, 7) is 2.35. The van der Waals surface area contributed by atoms with Crippen LogP contribution in [-0.2, 0) is 4.79 Å². The molecule has 0 saturated carbocycles. The number of hydrogen-bond donors (Lipinski definition) is 2. The maximum absolute atomic E-state index is 11.9. The van der Waals surface area contributed by atoms with Crippen molar-refractivity contribution in [2.45, 2.75) is 25.2 Å². The fourth-order valence-corrected chi connectivity index (χ4v) is 3.15. The normalized spacial score (nSPS) is 20.1. The third kappa shape index (κ3) is 2.68. The predicted octanol–water partition coefficient (Wildman–Crippen LogP) is 1.74. The Labute approximate surface area is 133 Å². The van der Waals surface area contributed by atoms with E-state index in [1.807, 2.05) is 18.2 Å². The Balaban J connectivity index is 1.62. The number of rotatable bonds is 2. The van der Waals surface area contributed by atoms with Crippen molar-refractivity contribution in [3.8, 4) is 0 Å². The van der Waals surface area contributed by atoms with Crippen molar-refractivity contribution in [3.05, 3.63) is 24.1 Å². The third-order valence-corrected chi connectivity index (χ3v) is 4.44. The van der Waals surface area contributed by atoms with Crippen LogP contribution < -0.4 is 15.5 Å². The second kappa shape index (κ2) is 5.66. The van der Waals surface area contributed by atoms with Crippen LogP contribution in [0.5, 0.6) is 0 Å². The molecular weight excluding hydrogens is 296 g/mol. The van der Waals surface area contributed by atoms with E-state index in [9.17, 15) is 9.59 Å². The number of hydrogen-bond acceptors (Lipinski definition) is 5. The van der Waals surface area contributed by atoms with Crippen LogP contribution in [0.15, 0.2) is 22.6 Å². The highest BCUT2D eigenvalue weighted by Crippen LogP contribution is 2.30. The minimum atomic E-state index is -0.390. The minimum Gasteiger partial charge on any atom is -0.440 e. The molecule has 7 nitrogen and oxygen atoms in total. The number of carbonyl (C=O) groups is 2. The molecule has 3 heterocycles. The van der Waals surface area contributed by atoms with Crippen molar-refractivity contribution in [3.63, 3.8) is 0 Å². The smallest absolute Gasteiger partial charge is 0.328 e. The summed E-state index contributed by atoms with van der Waals surface area (Å²) in [6, 6.07) is 5.13. The molecular formula is C16H18N4O3. The van der Waals surface area contributed by atoms with E-state index in [2.05, 4.69) is 15.6 Å². The van der Waals surface area contributed by atoms with Gasteiger partial charge in [0.05, 0.1) is 0 Å². The van der Waals surface area contributed by atoms with E-state index in [1.54, 1.807) is 4.90 Å². The minimum absolute atomic E-state index is 0.236. The van der Waals surface area contributed by atoms with E-state index in [-0.39, 0.29) is 5.91 Å². The third-order valence-electron chi connectivity index (χ3n) is 4.44. The number of nitrogens with zero attached hydrogens (tertiary/aromatic N) is 2. The first-order valence-corrected chi connectivity index (χ1v) is 7.93. The van der Waals surface area contributed by atoms with E-state index in [0.29, 0.717) is 24.5 Å². The SMILES string of the molecule is O=C1CCN(c2ccc3nc(C4CCNCC4)oc3c2)C(=O)N1. The molecule has 2 saturated heterocycles. The van der Waals surface area contributed by atoms with Crippen molar-refractivity contribution in [1.29, 1.82) is 0 Å². The van der Waals surface area contributed by atoms with Gasteiger partial charge in [0.2, 0.25) is 5.91 Å². The lowest BCUT2D eigenvalue weighted by atomic mass is 9.98. The van der Waals surface area contributed by atoms with E-state index < -0.39 is 6.03 Å². The Morgan fingerprint density at radius 1 is 1.22 bits per heavy atom. The summed E-state index contributed by atoms with van der Waals surface area (Å²) in [5.41, 5.74) is 2.20. The molecule has 0 aliphatic carbocycles. The van der Waals surface area contributed by atoms with Crippen LogP contribution in [0.3, 0.4) is 0 Å². The van der Waals surface area contributed by atoms with E-state index in [0.717, 1.165) is 43.0 Å². The molecule has 2 aromatic rings. The van der Waals surface area contributed by atoms with E-state index in [4.69, 9.17) is 4.42 Å². The standard InChI is InChI=1S/C16H18N4O3/c21-14-5-8-20(16(22)19-14)11-1-2-12-13(9-11)23-15(18-12)10-3-6-17-7-4-10/h1-2,9-10,17H,3-8H2,(H,19,21,22). The van der Waals surface area contributed by atoms with E-state index >= 15 is 0 Å². The number of oxazole rings is 1. The van der Waals surface area contributed by atoms with Crippen LogP contribution in [0, 0.1) is 0 Å². The molecule has 2 N–H and O–H groups in total. The van der Waals surface area contributed by atoms with Crippen LogP contribution >= 0.6 is 0 Å². The number of amides is 3. The van der Waals surface area contributed by atoms with Crippen LogP contribution in [0.1, 0.15) is 31.1 Å². The molecule has 7 heteroatoms. The molecule has 4 rings (SSSR count). The Morgan fingerprint density at radius 3 is 2.83 bits per heavy atom. The Bertz CT molecular complexity index is 764. The van der Waals surface area contributed by atoms with Gasteiger partial charge in [0.1, 0.15) is 5.52 Å². The zero-order valence-electron chi connectivity index (χ0n) is 12.7. The molecule has 1 aromatic carbocycles. The molecule has 0 bridgehead atoms. The van der Waals surface area contributed by atoms with Gasteiger partial charge in [-0.3, -0.25) is 15.0 Å². The Hall–Kier alpha value is -2.41. The summed E-state index contributed by atoms with van der Waals surface area (Å²) in [7, 11) is 0. The highest BCUT2D eigenvalue weighted by Gasteiger charge is 2.25. The monoisotopic (exact) mass is 314 g/mol. The Morgan fingerprint density at radius 2 is 2.04 bits per heavy atom. The topological polar surface area (TPSA) is 87.5 Å². The zero-order valence-corrected chi connectivity index (χ0v) is 12.7. The molecule has 0 radical (unpaired) electrons. The lowest BCUT2D eigenvalue weighted by Crippen LogP contribution is -2.49. The van der Waals surface area contributed by atoms with Gasteiger partial charge in [0.25, 0.3) is 0 Å². The summed E-state index contributed by atoms with van der Waals surface area (Å²) in [4.78, 5) is 29.3. The van der Waals surface area contributed by atoms with Gasteiger partial charge in [-0.2, -0.15) is 0 Å². The average molecular weight is 314 g/mol. The molecule has 0 unspecified atom stereocenters. The Kier molecular flexibility index (Phi) is 3.49. The molecule has 0 spiro atoms. The summed E-state index contributed by atoms with van der Waals surface area (Å²) in [5, 5.41) is 5.66. The number of carbonyl (C=O) groups excluding carboxylic acids is 2. The van der Waals surface area contributed by atoms with Crippen molar-refractivity contribution in [2.24, 2.45) is 0 Å². The van der Waals surface area contributed by atoms with Gasteiger partial charge in [-0.05, 0) is 38.1 Å². The maximum Gasteiger partial charge on any atom is 0.328 e. The van der Waals surface area contributed by atoms with Crippen molar-refractivity contribution < 1.29 is 14.0 Å². The molecule has 23 heavy (non-hydrogen) atoms. The quantitative estimate of drug-likeness (QED) is 0.881. The number of urea groups is 1. The zero-order chi connectivity index (χ0) is 15.8. The van der Waals surface area contributed by atoms with Crippen LogP contribution in [0.4, 0.5) is 10.5 Å². The number of fused-ring (bicyclic) bond motifs is 1. The largest absolute Gasteiger partial charge is 0.440 e. The number of nitrogens with one attached hydrogen (secondary N) is 2. The van der Waals surface area contributed by atoms with Crippen LogP contribution in [0.2, 0.25) is 0 Å². The van der Waals surface area contributed by atoms with Gasteiger partial charge in [0, 0.05) is 30.6 Å². The van der Waals surface area contributed by atoms with Gasteiger partial charge in [-0.25, -0.2) is 9.78 Å². The number of piperidine rings is 1. The van der Waals surface area contributed by atoms with Gasteiger partial charge in [0.15, 0.2) is 11.5 Å². The van der Waals surface area contributed by atoms with Crippen LogP contribution in [-0.4, -0.2) is 36.6 Å². The summed E-state index contributed by atoms with van der Waals surface area (Å²) in [5.74, 6) is 0.889. The molecule has 3 amide bonds. The highest BCUT2D eigenvalue weighted by atomic mass is 16.3. The molecule has 2 aliphatic rings. The second-order valence-corrected chi connectivity index (χ2v) is 5.98. The fraction of sp³-hybridized carbons (Fsp3) is 0.438. The first-order valence-electron chi connectivity index (χ1n) is 7.93. The number of benzene rings is 1. The fourth-order valence-electron chi connectivity index (χ4n) is 3.15. The van der Waals surface area contributed by atoms with Gasteiger partial charge in [-0.15, -0.1) is 0 Å². The molecule has 2 aliphatic heterocycles. The van der Waals surface area contributed by atoms with Gasteiger partial charge < -0.3 is 9.73 Å². The summed E-state index contributed by atoms with van der Waals surface area (Å²) in [6.07, 6.45) is 2.35. The molecule has 0 atom stereocenters. The lowest BCUT2D eigenvalue weighted by molar-refractivity contribution is -0.120. The van der Waals surface area contributed by atoms with E-state index in [1.165, 1.54) is 0 Å². The number of aromatic nitrogens is 1.